The molecule has 1 atom stereocenters. The number of nitrogen functional groups attached to an aromatic ring is 2. The summed E-state index contributed by atoms with van der Waals surface area (Å²) in [6, 6.07) is 1.58. The van der Waals surface area contributed by atoms with Gasteiger partial charge in [-0.1, -0.05) is 0 Å². The number of hydrogen-bond donors (Lipinski definition) is 4. The molecule has 1 saturated heterocycles. The van der Waals surface area contributed by atoms with E-state index in [1.807, 2.05) is 6.92 Å². The molecule has 0 bridgehead atoms. The highest BCUT2D eigenvalue weighted by Gasteiger charge is 2.38. The number of sulfone groups is 1. The van der Waals surface area contributed by atoms with Gasteiger partial charge in [-0.3, -0.25) is 0 Å². The minimum absolute atomic E-state index is 0.0670. The van der Waals surface area contributed by atoms with Crippen LogP contribution in [-0.4, -0.2) is 35.4 Å². The number of nitrogens with one attached hydrogen (secondary N) is 2. The molecule has 8 nitrogen and oxygen atoms in total. The predicted molar refractivity (Wildman–Crippen MR) is 69.6 cm³/mol. The molecule has 0 aliphatic carbocycles. The van der Waals surface area contributed by atoms with E-state index in [4.69, 9.17) is 11.6 Å². The number of hydrogen-bond acceptors (Lipinski definition) is 8. The highest BCUT2D eigenvalue weighted by molar-refractivity contribution is 7.91. The predicted octanol–water partition coefficient (Wildman–Crippen LogP) is -0.666. The maximum atomic E-state index is 11.5. The third-order valence-electron chi connectivity index (χ3n) is 2.82. The van der Waals surface area contributed by atoms with Crippen LogP contribution in [0.15, 0.2) is 6.07 Å². The second-order valence-corrected chi connectivity index (χ2v) is 6.85. The maximum absolute atomic E-state index is 11.5. The Labute approximate surface area is 105 Å². The smallest absolute Gasteiger partial charge is 0.223 e. The maximum Gasteiger partial charge on any atom is 0.223 e. The van der Waals surface area contributed by atoms with Crippen LogP contribution in [0.3, 0.4) is 0 Å². The van der Waals surface area contributed by atoms with Crippen molar-refractivity contribution in [1.82, 2.24) is 9.97 Å². The van der Waals surface area contributed by atoms with Gasteiger partial charge in [-0.25, -0.2) is 14.3 Å². The average molecular weight is 272 g/mol. The lowest BCUT2D eigenvalue weighted by atomic mass is 10.0. The van der Waals surface area contributed by atoms with Crippen molar-refractivity contribution in [3.8, 4) is 0 Å². The molecule has 100 valence electrons. The van der Waals surface area contributed by atoms with Gasteiger partial charge >= 0.3 is 0 Å². The first-order valence-corrected chi connectivity index (χ1v) is 7.24. The second-order valence-electron chi connectivity index (χ2n) is 4.67. The SMILES string of the molecule is CC1(Nc2cc(NN)nc(N)n2)CCS(=O)(=O)C1. The summed E-state index contributed by atoms with van der Waals surface area (Å²) in [6.07, 6.45) is 0.532. The minimum atomic E-state index is -2.98. The molecule has 1 unspecified atom stereocenters. The van der Waals surface area contributed by atoms with E-state index in [1.165, 1.54) is 0 Å². The molecule has 0 saturated carbocycles. The van der Waals surface area contributed by atoms with Crippen molar-refractivity contribution in [2.75, 3.05) is 28.0 Å². The summed E-state index contributed by atoms with van der Waals surface area (Å²) in [5, 5.41) is 3.08. The Balaban J connectivity index is 2.22. The van der Waals surface area contributed by atoms with Gasteiger partial charge in [0.2, 0.25) is 5.95 Å². The Hall–Kier alpha value is -1.61. The third-order valence-corrected chi connectivity index (χ3v) is 4.73. The fourth-order valence-electron chi connectivity index (χ4n) is 2.02. The molecule has 1 aromatic rings. The standard InChI is InChI=1S/C9H16N6O2S/c1-9(2-3-18(16,17)5-9)14-6-4-7(15-11)13-8(10)12-6/h4H,2-3,5,11H2,1H3,(H4,10,12,13,14,15). The van der Waals surface area contributed by atoms with E-state index in [-0.39, 0.29) is 17.5 Å². The van der Waals surface area contributed by atoms with Crippen molar-refractivity contribution >= 4 is 27.4 Å². The summed E-state index contributed by atoms with van der Waals surface area (Å²) in [7, 11) is -2.98. The van der Waals surface area contributed by atoms with Gasteiger partial charge in [-0.05, 0) is 13.3 Å². The van der Waals surface area contributed by atoms with Crippen molar-refractivity contribution in [2.45, 2.75) is 18.9 Å². The van der Waals surface area contributed by atoms with Gasteiger partial charge in [-0.2, -0.15) is 9.97 Å². The summed E-state index contributed by atoms with van der Waals surface area (Å²) >= 11 is 0. The van der Waals surface area contributed by atoms with Gasteiger partial charge in [0.25, 0.3) is 0 Å². The van der Waals surface area contributed by atoms with Crippen LogP contribution < -0.4 is 22.3 Å². The molecule has 1 aliphatic rings. The number of nitrogens with two attached hydrogens (primary N) is 2. The Kier molecular flexibility index (Phi) is 3.03. The second kappa shape index (κ2) is 4.25. The third kappa shape index (κ3) is 2.79. The van der Waals surface area contributed by atoms with Gasteiger partial charge in [0.15, 0.2) is 9.84 Å². The van der Waals surface area contributed by atoms with Crippen LogP contribution in [0.5, 0.6) is 0 Å². The molecule has 2 heterocycles. The molecular formula is C9H16N6O2S. The van der Waals surface area contributed by atoms with Gasteiger partial charge in [0, 0.05) is 6.07 Å². The molecular weight excluding hydrogens is 256 g/mol. The molecule has 1 fully saturated rings. The van der Waals surface area contributed by atoms with Crippen molar-refractivity contribution in [3.63, 3.8) is 0 Å². The normalized spacial score (nSPS) is 25.9. The van der Waals surface area contributed by atoms with Gasteiger partial charge in [0.1, 0.15) is 11.6 Å². The van der Waals surface area contributed by atoms with Crippen molar-refractivity contribution in [2.24, 2.45) is 5.84 Å². The lowest BCUT2D eigenvalue weighted by Gasteiger charge is -2.24. The van der Waals surface area contributed by atoms with Crippen molar-refractivity contribution < 1.29 is 8.42 Å². The van der Waals surface area contributed by atoms with Crippen molar-refractivity contribution in [1.29, 1.82) is 0 Å². The fraction of sp³-hybridized carbons (Fsp3) is 0.556. The van der Waals surface area contributed by atoms with Crippen LogP contribution in [0.25, 0.3) is 0 Å². The van der Waals surface area contributed by atoms with E-state index in [9.17, 15) is 8.42 Å². The molecule has 0 spiro atoms. The minimum Gasteiger partial charge on any atom is -0.368 e. The topological polar surface area (TPSA) is 136 Å². The van der Waals surface area contributed by atoms with Crippen LogP contribution in [0.1, 0.15) is 13.3 Å². The van der Waals surface area contributed by atoms with Crippen LogP contribution in [-0.2, 0) is 9.84 Å². The average Bonchev–Trinajstić information content (AvgIpc) is 2.51. The number of aromatic nitrogens is 2. The van der Waals surface area contributed by atoms with E-state index in [0.717, 1.165) is 0 Å². The molecule has 1 aliphatic heterocycles. The zero-order valence-electron chi connectivity index (χ0n) is 9.97. The Bertz CT molecular complexity index is 560. The Morgan fingerprint density at radius 2 is 2.06 bits per heavy atom. The van der Waals surface area contributed by atoms with Gasteiger partial charge in [0.05, 0.1) is 17.0 Å². The first-order chi connectivity index (χ1) is 8.32. The highest BCUT2D eigenvalue weighted by Crippen LogP contribution is 2.27. The molecule has 6 N–H and O–H groups in total. The van der Waals surface area contributed by atoms with E-state index < -0.39 is 15.4 Å². The summed E-state index contributed by atoms with van der Waals surface area (Å²) in [4.78, 5) is 7.85. The number of nitrogens with zero attached hydrogens (tertiary/aromatic N) is 2. The molecule has 9 heteroatoms. The Morgan fingerprint density at radius 3 is 2.61 bits per heavy atom. The lowest BCUT2D eigenvalue weighted by Crippen LogP contribution is -2.36. The van der Waals surface area contributed by atoms with Gasteiger partial charge in [-0.15, -0.1) is 0 Å². The van der Waals surface area contributed by atoms with E-state index in [0.29, 0.717) is 18.1 Å². The lowest BCUT2D eigenvalue weighted by molar-refractivity contribution is 0.572. The molecule has 18 heavy (non-hydrogen) atoms. The molecule has 0 radical (unpaired) electrons. The summed E-state index contributed by atoms with van der Waals surface area (Å²) < 4.78 is 23.0. The van der Waals surface area contributed by atoms with Gasteiger partial charge < -0.3 is 16.5 Å². The van der Waals surface area contributed by atoms with E-state index in [2.05, 4.69) is 20.7 Å². The summed E-state index contributed by atoms with van der Waals surface area (Å²) in [5.41, 5.74) is 7.37. The Morgan fingerprint density at radius 1 is 1.39 bits per heavy atom. The number of anilines is 3. The summed E-state index contributed by atoms with van der Waals surface area (Å²) in [6.45, 7) is 1.84. The number of rotatable bonds is 3. The zero-order chi connectivity index (χ0) is 13.4. The molecule has 0 amide bonds. The molecule has 2 rings (SSSR count). The fourth-order valence-corrected chi connectivity index (χ4v) is 4.12. The first kappa shape index (κ1) is 12.8. The first-order valence-electron chi connectivity index (χ1n) is 5.42. The van der Waals surface area contributed by atoms with Crippen LogP contribution >= 0.6 is 0 Å². The highest BCUT2D eigenvalue weighted by atomic mass is 32.2. The van der Waals surface area contributed by atoms with E-state index >= 15 is 0 Å². The van der Waals surface area contributed by atoms with Crippen LogP contribution in [0.2, 0.25) is 0 Å². The van der Waals surface area contributed by atoms with E-state index in [1.54, 1.807) is 6.07 Å². The molecule has 0 aromatic carbocycles. The van der Waals surface area contributed by atoms with Crippen molar-refractivity contribution in [3.05, 3.63) is 6.07 Å². The quantitative estimate of drug-likeness (QED) is 0.420. The zero-order valence-corrected chi connectivity index (χ0v) is 10.8. The monoisotopic (exact) mass is 272 g/mol. The van der Waals surface area contributed by atoms with Crippen LogP contribution in [0.4, 0.5) is 17.6 Å². The van der Waals surface area contributed by atoms with Crippen LogP contribution in [0, 0.1) is 0 Å². The summed E-state index contributed by atoms with van der Waals surface area (Å²) in [5.74, 6) is 6.40. The largest absolute Gasteiger partial charge is 0.368 e. The molecule has 1 aromatic heterocycles. The number of hydrazine groups is 1.